The molecule has 0 aliphatic heterocycles. The first-order valence-electron chi connectivity index (χ1n) is 6.94. The number of nitrogen functional groups attached to an aromatic ring is 1. The fraction of sp³-hybridized carbons (Fsp3) is 0.125. The Bertz CT molecular complexity index is 836. The third-order valence-electron chi connectivity index (χ3n) is 3.35. The molecule has 3 aromatic rings. The number of rotatable bonds is 5. The summed E-state index contributed by atoms with van der Waals surface area (Å²) in [6.07, 6.45) is 0. The summed E-state index contributed by atoms with van der Waals surface area (Å²) in [6.45, 7) is 0. The zero-order valence-corrected chi connectivity index (χ0v) is 13.8. The predicted octanol–water partition coefficient (Wildman–Crippen LogP) is 3.25. The van der Waals surface area contributed by atoms with Crippen molar-refractivity contribution in [2.45, 2.75) is 0 Å². The van der Waals surface area contributed by atoms with E-state index in [1.165, 1.54) is 25.6 Å². The van der Waals surface area contributed by atoms with Crippen LogP contribution in [-0.2, 0) is 0 Å². The van der Waals surface area contributed by atoms with Crippen molar-refractivity contribution in [3.05, 3.63) is 40.6 Å². The Morgan fingerprint density at radius 1 is 1.25 bits per heavy atom. The first kappa shape index (κ1) is 15.9. The molecule has 3 N–H and O–H groups in total. The molecule has 2 aromatic heterocycles. The van der Waals surface area contributed by atoms with Crippen LogP contribution in [0.5, 0.6) is 11.5 Å². The van der Waals surface area contributed by atoms with Crippen LogP contribution in [0.2, 0.25) is 0 Å². The SMILES string of the molecule is COc1cc(NC(=O)c2c(-c3ccsc3)noc2N)cc(OC)c1. The number of nitrogens with one attached hydrogen (secondary N) is 1. The zero-order chi connectivity index (χ0) is 17.1. The van der Waals surface area contributed by atoms with Crippen LogP contribution < -0.4 is 20.5 Å². The van der Waals surface area contributed by atoms with E-state index in [1.54, 1.807) is 18.2 Å². The van der Waals surface area contributed by atoms with Gasteiger partial charge in [-0.2, -0.15) is 11.3 Å². The number of nitrogens with zero attached hydrogens (tertiary/aromatic N) is 1. The monoisotopic (exact) mass is 345 g/mol. The first-order valence-corrected chi connectivity index (χ1v) is 7.88. The van der Waals surface area contributed by atoms with E-state index >= 15 is 0 Å². The van der Waals surface area contributed by atoms with E-state index in [0.717, 1.165) is 5.56 Å². The van der Waals surface area contributed by atoms with Gasteiger partial charge in [0.1, 0.15) is 22.8 Å². The van der Waals surface area contributed by atoms with E-state index in [0.29, 0.717) is 22.9 Å². The lowest BCUT2D eigenvalue weighted by molar-refractivity contribution is 0.102. The fourth-order valence-electron chi connectivity index (χ4n) is 2.19. The molecule has 0 unspecified atom stereocenters. The molecule has 0 aliphatic rings. The number of anilines is 2. The van der Waals surface area contributed by atoms with Crippen molar-refractivity contribution in [3.8, 4) is 22.8 Å². The molecule has 1 aromatic carbocycles. The van der Waals surface area contributed by atoms with Gasteiger partial charge in [-0.05, 0) is 11.4 Å². The Balaban J connectivity index is 1.93. The van der Waals surface area contributed by atoms with E-state index in [2.05, 4.69) is 10.5 Å². The largest absolute Gasteiger partial charge is 0.497 e. The van der Waals surface area contributed by atoms with E-state index in [-0.39, 0.29) is 11.4 Å². The summed E-state index contributed by atoms with van der Waals surface area (Å²) in [5.74, 6) is 0.649. The van der Waals surface area contributed by atoms with Gasteiger partial charge in [-0.1, -0.05) is 5.16 Å². The number of nitrogens with two attached hydrogens (primary N) is 1. The summed E-state index contributed by atoms with van der Waals surface area (Å²) in [7, 11) is 3.07. The molecule has 0 fully saturated rings. The van der Waals surface area contributed by atoms with Crippen molar-refractivity contribution in [1.29, 1.82) is 0 Å². The summed E-state index contributed by atoms with van der Waals surface area (Å²) in [5, 5.41) is 10.4. The quantitative estimate of drug-likeness (QED) is 0.736. The van der Waals surface area contributed by atoms with Crippen molar-refractivity contribution in [3.63, 3.8) is 0 Å². The van der Waals surface area contributed by atoms with Crippen LogP contribution in [0.4, 0.5) is 11.6 Å². The van der Waals surface area contributed by atoms with Gasteiger partial charge in [0.15, 0.2) is 0 Å². The minimum Gasteiger partial charge on any atom is -0.497 e. The number of thiophene rings is 1. The molecule has 0 bridgehead atoms. The van der Waals surface area contributed by atoms with Crippen molar-refractivity contribution >= 4 is 28.8 Å². The highest BCUT2D eigenvalue weighted by Crippen LogP contribution is 2.31. The van der Waals surface area contributed by atoms with Gasteiger partial charge in [-0.3, -0.25) is 4.79 Å². The lowest BCUT2D eigenvalue weighted by Gasteiger charge is -2.09. The Labute approximate surface area is 142 Å². The topological polar surface area (TPSA) is 99.6 Å². The van der Waals surface area contributed by atoms with E-state index in [4.69, 9.17) is 19.7 Å². The molecule has 1 amide bonds. The summed E-state index contributed by atoms with van der Waals surface area (Å²) in [6, 6.07) is 6.90. The summed E-state index contributed by atoms with van der Waals surface area (Å²) >= 11 is 1.49. The molecular formula is C16H15N3O4S. The van der Waals surface area contributed by atoms with Gasteiger partial charge in [0.05, 0.1) is 14.2 Å². The molecule has 3 rings (SSSR count). The van der Waals surface area contributed by atoms with Gasteiger partial charge in [0, 0.05) is 34.8 Å². The number of amides is 1. The van der Waals surface area contributed by atoms with Crippen LogP contribution in [0.1, 0.15) is 10.4 Å². The summed E-state index contributed by atoms with van der Waals surface area (Å²) < 4.78 is 15.4. The van der Waals surface area contributed by atoms with E-state index in [9.17, 15) is 4.79 Å². The van der Waals surface area contributed by atoms with Crippen LogP contribution in [-0.4, -0.2) is 25.3 Å². The van der Waals surface area contributed by atoms with Crippen molar-refractivity contribution < 1.29 is 18.8 Å². The number of hydrogen-bond donors (Lipinski definition) is 2. The predicted molar refractivity (Wildman–Crippen MR) is 91.7 cm³/mol. The molecule has 0 saturated carbocycles. The first-order chi connectivity index (χ1) is 11.6. The maximum absolute atomic E-state index is 12.6. The second-order valence-corrected chi connectivity index (χ2v) is 5.62. The number of aromatic nitrogens is 1. The highest BCUT2D eigenvalue weighted by molar-refractivity contribution is 7.08. The number of ether oxygens (including phenoxy) is 2. The maximum atomic E-state index is 12.6. The highest BCUT2D eigenvalue weighted by Gasteiger charge is 2.23. The van der Waals surface area contributed by atoms with Crippen molar-refractivity contribution in [1.82, 2.24) is 5.16 Å². The van der Waals surface area contributed by atoms with Gasteiger partial charge >= 0.3 is 0 Å². The second-order valence-electron chi connectivity index (χ2n) is 4.84. The zero-order valence-electron chi connectivity index (χ0n) is 13.0. The third kappa shape index (κ3) is 3.04. The summed E-state index contributed by atoms with van der Waals surface area (Å²) in [5.41, 5.74) is 7.65. The average Bonchev–Trinajstić information content (AvgIpc) is 3.23. The Hall–Kier alpha value is -3.00. The standard InChI is InChI=1S/C16H15N3O4S/c1-21-11-5-10(6-12(7-11)22-2)18-16(20)13-14(19-23-15(13)17)9-3-4-24-8-9/h3-8H,17H2,1-2H3,(H,18,20). The number of carbonyl (C=O) groups excluding carboxylic acids is 1. The molecule has 8 heteroatoms. The molecule has 0 saturated heterocycles. The van der Waals surface area contributed by atoms with E-state index < -0.39 is 5.91 Å². The molecule has 24 heavy (non-hydrogen) atoms. The number of carbonyl (C=O) groups is 1. The maximum Gasteiger partial charge on any atom is 0.263 e. The number of hydrogen-bond acceptors (Lipinski definition) is 7. The molecule has 0 radical (unpaired) electrons. The lowest BCUT2D eigenvalue weighted by atomic mass is 10.1. The molecule has 7 nitrogen and oxygen atoms in total. The van der Waals surface area contributed by atoms with Gasteiger partial charge in [-0.25, -0.2) is 0 Å². The minimum absolute atomic E-state index is 0.0384. The third-order valence-corrected chi connectivity index (χ3v) is 4.03. The second kappa shape index (κ2) is 6.63. The lowest BCUT2D eigenvalue weighted by Crippen LogP contribution is -2.14. The Morgan fingerprint density at radius 3 is 2.54 bits per heavy atom. The van der Waals surface area contributed by atoms with Crippen LogP contribution in [0, 0.1) is 0 Å². The normalized spacial score (nSPS) is 10.4. The molecule has 0 atom stereocenters. The molecular weight excluding hydrogens is 330 g/mol. The van der Waals surface area contributed by atoms with Gasteiger partial charge < -0.3 is 25.0 Å². The highest BCUT2D eigenvalue weighted by atomic mass is 32.1. The number of methoxy groups -OCH3 is 2. The molecule has 0 aliphatic carbocycles. The average molecular weight is 345 g/mol. The smallest absolute Gasteiger partial charge is 0.263 e. The molecule has 124 valence electrons. The van der Waals surface area contributed by atoms with Crippen molar-refractivity contribution in [2.24, 2.45) is 0 Å². The van der Waals surface area contributed by atoms with Crippen molar-refractivity contribution in [2.75, 3.05) is 25.3 Å². The summed E-state index contributed by atoms with van der Waals surface area (Å²) in [4.78, 5) is 12.6. The van der Waals surface area contributed by atoms with E-state index in [1.807, 2.05) is 16.8 Å². The molecule has 2 heterocycles. The number of benzene rings is 1. The molecule has 0 spiro atoms. The minimum atomic E-state index is -0.426. The Morgan fingerprint density at radius 2 is 1.96 bits per heavy atom. The van der Waals surface area contributed by atoms with Gasteiger partial charge in [-0.15, -0.1) is 0 Å². The Kier molecular flexibility index (Phi) is 4.39. The van der Waals surface area contributed by atoms with Gasteiger partial charge in [0.2, 0.25) is 5.88 Å². The van der Waals surface area contributed by atoms with Crippen LogP contribution in [0.3, 0.4) is 0 Å². The van der Waals surface area contributed by atoms with Gasteiger partial charge in [0.25, 0.3) is 5.91 Å². The van der Waals surface area contributed by atoms with Crippen LogP contribution >= 0.6 is 11.3 Å². The van der Waals surface area contributed by atoms with Crippen LogP contribution in [0.15, 0.2) is 39.5 Å². The fourth-order valence-corrected chi connectivity index (χ4v) is 2.83. The van der Waals surface area contributed by atoms with Crippen LogP contribution in [0.25, 0.3) is 11.3 Å².